The van der Waals surface area contributed by atoms with Gasteiger partial charge in [0.15, 0.2) is 17.2 Å². The number of piperidine rings is 1. The highest BCUT2D eigenvalue weighted by molar-refractivity contribution is 9.10. The Morgan fingerprint density at radius 2 is 1.92 bits per heavy atom. The molecule has 10 heteroatoms. The molecule has 196 valence electrons. The number of methoxy groups -OCH3 is 1. The summed E-state index contributed by atoms with van der Waals surface area (Å²) in [6.45, 7) is 1.90. The van der Waals surface area contributed by atoms with Crippen LogP contribution in [0.1, 0.15) is 18.7 Å². The van der Waals surface area contributed by atoms with Crippen LogP contribution in [0.15, 0.2) is 75.7 Å². The zero-order valence-electron chi connectivity index (χ0n) is 20.7. The van der Waals surface area contributed by atoms with Crippen LogP contribution >= 0.6 is 27.5 Å². The van der Waals surface area contributed by atoms with Gasteiger partial charge >= 0.3 is 0 Å². The minimum Gasteiger partial charge on any atom is -0.493 e. The van der Waals surface area contributed by atoms with Crippen molar-refractivity contribution in [2.24, 2.45) is 5.92 Å². The lowest BCUT2D eigenvalue weighted by molar-refractivity contribution is -0.121. The van der Waals surface area contributed by atoms with E-state index in [1.165, 1.54) is 0 Å². The molecule has 5 rings (SSSR count). The van der Waals surface area contributed by atoms with Gasteiger partial charge in [-0.05, 0) is 74.0 Å². The summed E-state index contributed by atoms with van der Waals surface area (Å²) < 4.78 is 17.9. The van der Waals surface area contributed by atoms with Gasteiger partial charge in [-0.25, -0.2) is 0 Å². The number of rotatable bonds is 8. The van der Waals surface area contributed by atoms with Crippen molar-refractivity contribution < 1.29 is 18.8 Å². The van der Waals surface area contributed by atoms with E-state index in [1.54, 1.807) is 31.4 Å². The molecule has 1 N–H and O–H groups in total. The van der Waals surface area contributed by atoms with Crippen molar-refractivity contribution in [3.63, 3.8) is 0 Å². The van der Waals surface area contributed by atoms with E-state index in [0.717, 1.165) is 29.4 Å². The number of carbonyl (C=O) groups is 1. The number of hydrogen-bond acceptors (Lipinski definition) is 7. The molecule has 1 aliphatic heterocycles. The second-order valence-corrected chi connectivity index (χ2v) is 10.3. The Kier molecular flexibility index (Phi) is 8.26. The highest BCUT2D eigenvalue weighted by Gasteiger charge is 2.28. The van der Waals surface area contributed by atoms with E-state index in [-0.39, 0.29) is 11.8 Å². The fraction of sp³-hybridized carbons (Fsp3) is 0.250. The highest BCUT2D eigenvalue weighted by atomic mass is 79.9. The number of nitrogens with one attached hydrogen (secondary N) is 1. The molecule has 0 bridgehead atoms. The van der Waals surface area contributed by atoms with Gasteiger partial charge in [0.25, 0.3) is 0 Å². The minimum atomic E-state index is -0.212. The van der Waals surface area contributed by atoms with Crippen LogP contribution in [0, 0.1) is 5.92 Å². The van der Waals surface area contributed by atoms with Gasteiger partial charge in [0.2, 0.25) is 17.6 Å². The third kappa shape index (κ3) is 6.35. The summed E-state index contributed by atoms with van der Waals surface area (Å²) >= 11 is 9.68. The van der Waals surface area contributed by atoms with E-state index in [0.29, 0.717) is 52.8 Å². The predicted molar refractivity (Wildman–Crippen MR) is 149 cm³/mol. The Labute approximate surface area is 234 Å². The first-order chi connectivity index (χ1) is 18.5. The summed E-state index contributed by atoms with van der Waals surface area (Å²) in [5, 5.41) is 7.63. The fourth-order valence-electron chi connectivity index (χ4n) is 4.39. The third-order valence-electron chi connectivity index (χ3n) is 6.29. The van der Waals surface area contributed by atoms with Crippen LogP contribution in [-0.2, 0) is 11.3 Å². The van der Waals surface area contributed by atoms with Crippen LogP contribution in [0.5, 0.6) is 17.2 Å². The molecule has 1 aliphatic rings. The van der Waals surface area contributed by atoms with Crippen molar-refractivity contribution in [2.45, 2.75) is 19.4 Å². The first-order valence-corrected chi connectivity index (χ1v) is 13.4. The number of amides is 1. The first-order valence-electron chi connectivity index (χ1n) is 12.2. The molecule has 0 aliphatic carbocycles. The minimum absolute atomic E-state index is 0.0945. The number of carbonyl (C=O) groups excluding carboxylic acids is 1. The van der Waals surface area contributed by atoms with Gasteiger partial charge in [-0.2, -0.15) is 4.98 Å². The average Bonchev–Trinajstić information content (AvgIpc) is 3.39. The number of hydrogen-bond donors (Lipinski definition) is 1. The Balaban J connectivity index is 1.24. The lowest BCUT2D eigenvalue weighted by Crippen LogP contribution is -2.40. The van der Waals surface area contributed by atoms with Crippen LogP contribution in [0.3, 0.4) is 0 Å². The van der Waals surface area contributed by atoms with E-state index < -0.39 is 0 Å². The maximum atomic E-state index is 13.3. The van der Waals surface area contributed by atoms with Gasteiger partial charge in [0, 0.05) is 21.6 Å². The number of aromatic nitrogens is 2. The largest absolute Gasteiger partial charge is 0.493 e. The molecule has 0 radical (unpaired) electrons. The molecule has 38 heavy (non-hydrogen) atoms. The van der Waals surface area contributed by atoms with Gasteiger partial charge in [-0.3, -0.25) is 9.69 Å². The van der Waals surface area contributed by atoms with Crippen molar-refractivity contribution in [3.05, 3.63) is 82.1 Å². The molecule has 1 unspecified atom stereocenters. The zero-order chi connectivity index (χ0) is 26.5. The fourth-order valence-corrected chi connectivity index (χ4v) is 4.82. The van der Waals surface area contributed by atoms with Crippen molar-refractivity contribution >= 4 is 39.1 Å². The predicted octanol–water partition coefficient (Wildman–Crippen LogP) is 6.80. The van der Waals surface area contributed by atoms with Crippen LogP contribution in [-0.4, -0.2) is 41.1 Å². The lowest BCUT2D eigenvalue weighted by atomic mass is 9.97. The molecule has 3 aromatic carbocycles. The van der Waals surface area contributed by atoms with E-state index in [9.17, 15) is 4.79 Å². The maximum absolute atomic E-state index is 13.3. The molecule has 2 heterocycles. The molecule has 1 atom stereocenters. The number of benzene rings is 3. The Morgan fingerprint density at radius 1 is 1.13 bits per heavy atom. The van der Waals surface area contributed by atoms with Crippen LogP contribution < -0.4 is 14.8 Å². The van der Waals surface area contributed by atoms with E-state index >= 15 is 0 Å². The Morgan fingerprint density at radius 3 is 2.71 bits per heavy atom. The number of nitrogens with zero attached hydrogens (tertiary/aromatic N) is 3. The second-order valence-electron chi connectivity index (χ2n) is 8.98. The Bertz CT molecular complexity index is 1410. The van der Waals surface area contributed by atoms with Crippen molar-refractivity contribution in [1.82, 2.24) is 15.0 Å². The zero-order valence-corrected chi connectivity index (χ0v) is 23.0. The topological polar surface area (TPSA) is 89.7 Å². The second kappa shape index (κ2) is 12.0. The molecule has 1 amide bonds. The van der Waals surface area contributed by atoms with E-state index in [1.807, 2.05) is 42.5 Å². The van der Waals surface area contributed by atoms with E-state index in [4.69, 9.17) is 25.6 Å². The summed E-state index contributed by atoms with van der Waals surface area (Å²) in [6.07, 6.45) is 1.66. The number of halogens is 2. The standard InChI is InChI=1S/C28H26BrClN4O4/c1-36-24-6-2-3-7-25(24)37-23-13-12-21(30)15-22(23)31-28(35)19-5-4-14-34(16-19)17-26-32-27(33-38-26)18-8-10-20(29)11-9-18/h2-3,6-13,15,19H,4-5,14,16-17H2,1H3,(H,31,35). The molecule has 8 nitrogen and oxygen atoms in total. The summed E-state index contributed by atoms with van der Waals surface area (Å²) in [4.78, 5) is 20.0. The molecular formula is C28H26BrClN4O4. The summed E-state index contributed by atoms with van der Waals surface area (Å²) in [7, 11) is 1.58. The van der Waals surface area contributed by atoms with Crippen LogP contribution in [0.2, 0.25) is 5.02 Å². The summed E-state index contributed by atoms with van der Waals surface area (Å²) in [6, 6.07) is 20.2. The molecular weight excluding hydrogens is 572 g/mol. The van der Waals surface area contributed by atoms with Gasteiger partial charge in [-0.15, -0.1) is 0 Å². The van der Waals surface area contributed by atoms with Gasteiger partial charge < -0.3 is 19.3 Å². The molecule has 1 saturated heterocycles. The highest BCUT2D eigenvalue weighted by Crippen LogP contribution is 2.36. The van der Waals surface area contributed by atoms with Gasteiger partial charge in [0.05, 0.1) is 25.3 Å². The molecule has 0 spiro atoms. The monoisotopic (exact) mass is 596 g/mol. The summed E-state index contributed by atoms with van der Waals surface area (Å²) in [5.74, 6) is 2.37. The van der Waals surface area contributed by atoms with Crippen LogP contribution in [0.25, 0.3) is 11.4 Å². The number of para-hydroxylation sites is 2. The SMILES string of the molecule is COc1ccccc1Oc1ccc(Cl)cc1NC(=O)C1CCCN(Cc2nc(-c3ccc(Br)cc3)no2)C1. The van der Waals surface area contributed by atoms with Crippen LogP contribution in [0.4, 0.5) is 5.69 Å². The summed E-state index contributed by atoms with van der Waals surface area (Å²) in [5.41, 5.74) is 1.38. The maximum Gasteiger partial charge on any atom is 0.241 e. The Hall–Kier alpha value is -3.40. The van der Waals surface area contributed by atoms with Crippen molar-refractivity contribution in [3.8, 4) is 28.6 Å². The van der Waals surface area contributed by atoms with E-state index in [2.05, 4.69) is 36.3 Å². The lowest BCUT2D eigenvalue weighted by Gasteiger charge is -2.31. The number of ether oxygens (including phenoxy) is 2. The van der Waals surface area contributed by atoms with Gasteiger partial charge in [-0.1, -0.05) is 44.8 Å². The molecule has 1 fully saturated rings. The smallest absolute Gasteiger partial charge is 0.241 e. The first kappa shape index (κ1) is 26.2. The van der Waals surface area contributed by atoms with Crippen molar-refractivity contribution in [1.29, 1.82) is 0 Å². The molecule has 0 saturated carbocycles. The van der Waals surface area contributed by atoms with Gasteiger partial charge in [0.1, 0.15) is 0 Å². The quantitative estimate of drug-likeness (QED) is 0.239. The third-order valence-corrected chi connectivity index (χ3v) is 7.06. The average molecular weight is 598 g/mol. The van der Waals surface area contributed by atoms with Crippen molar-refractivity contribution in [2.75, 3.05) is 25.5 Å². The number of likely N-dealkylation sites (tertiary alicyclic amines) is 1. The number of anilines is 1. The molecule has 1 aromatic heterocycles. The molecule has 4 aromatic rings. The normalized spacial score (nSPS) is 15.7.